The molecule has 0 saturated carbocycles. The van der Waals surface area contributed by atoms with E-state index in [1.807, 2.05) is 56.3 Å². The van der Waals surface area contributed by atoms with Crippen LogP contribution in [0.2, 0.25) is 0 Å². The van der Waals surface area contributed by atoms with Crippen LogP contribution in [0.5, 0.6) is 5.75 Å². The highest BCUT2D eigenvalue weighted by atomic mass is 16.3. The van der Waals surface area contributed by atoms with E-state index in [0.29, 0.717) is 57.2 Å². The number of carbonyl (C=O) groups is 1. The zero-order chi connectivity index (χ0) is 36.7. The van der Waals surface area contributed by atoms with Crippen molar-refractivity contribution in [2.24, 2.45) is 21.5 Å². The number of hydrogen-bond acceptors (Lipinski definition) is 5. The van der Waals surface area contributed by atoms with Gasteiger partial charge in [-0.2, -0.15) is 4.99 Å². The Morgan fingerprint density at radius 2 is 1.59 bits per heavy atom. The number of nitrogens with two attached hydrogens (primary N) is 2. The van der Waals surface area contributed by atoms with E-state index in [0.717, 1.165) is 24.0 Å². The number of rotatable bonds is 6. The Morgan fingerprint density at radius 1 is 0.902 bits per heavy atom. The van der Waals surface area contributed by atoms with Gasteiger partial charge in [0.05, 0.1) is 5.69 Å². The molecule has 6 N–H and O–H groups in total. The second-order valence-electron chi connectivity index (χ2n) is 14.6. The van der Waals surface area contributed by atoms with Gasteiger partial charge in [0, 0.05) is 57.2 Å². The highest BCUT2D eigenvalue weighted by Gasteiger charge is 2.40. The molecule has 0 radical (unpaired) electrons. The van der Waals surface area contributed by atoms with Crippen LogP contribution in [-0.2, 0) is 5.41 Å². The molecule has 0 bridgehead atoms. The minimum atomic E-state index is -0.721. The molecule has 1 fully saturated rings. The van der Waals surface area contributed by atoms with Crippen LogP contribution in [0.15, 0.2) is 104 Å². The number of phenols is 1. The van der Waals surface area contributed by atoms with Gasteiger partial charge in [0.2, 0.25) is 5.96 Å². The van der Waals surface area contributed by atoms with E-state index in [1.54, 1.807) is 24.3 Å². The lowest BCUT2D eigenvalue weighted by atomic mass is 9.69. The third kappa shape index (κ3) is 6.91. The van der Waals surface area contributed by atoms with Crippen LogP contribution in [-0.4, -0.2) is 45.5 Å². The average molecular weight is 687 g/mol. The summed E-state index contributed by atoms with van der Waals surface area (Å²) >= 11 is 0. The van der Waals surface area contributed by atoms with Crippen LogP contribution in [0, 0.1) is 0 Å². The summed E-state index contributed by atoms with van der Waals surface area (Å²) in [5, 5.41) is 14.2. The van der Waals surface area contributed by atoms with Crippen molar-refractivity contribution in [2.75, 3.05) is 0 Å². The molecule has 3 aromatic carbocycles. The number of nitrogens with zero attached hydrogens (tertiary/aromatic N) is 3. The first-order valence-electron chi connectivity index (χ1n) is 17.3. The van der Waals surface area contributed by atoms with Gasteiger partial charge in [-0.15, -0.1) is 0 Å². The number of benzene rings is 4. The van der Waals surface area contributed by atoms with E-state index in [9.17, 15) is 14.7 Å². The predicted molar refractivity (Wildman–Crippen MR) is 205 cm³/mol. The third-order valence-corrected chi connectivity index (χ3v) is 10.6. The van der Waals surface area contributed by atoms with Crippen molar-refractivity contribution < 1.29 is 14.3 Å². The minimum absolute atomic E-state index is 0.0310. The normalized spacial score (nSPS) is 17.6. The standard InChI is InChI=1S/C41H46N6O4/c1-24-10-9-11-25(2)47(24)39(43)45-38(42)44-27-16-14-26(15-17-27)40(3,4)41(5,6)46-37(50)31-13-8-7-12-30(31)36-32-20-18-28(48)22-34(32)51-35-23-29(49)19-21-33(35)36/h7-8,12-25,48H,9-11H2,1-6H3,(H,46,50)(H4,42,43,44,45)/t24-,25+. The Morgan fingerprint density at radius 3 is 2.29 bits per heavy atom. The van der Waals surface area contributed by atoms with E-state index < -0.39 is 11.0 Å². The van der Waals surface area contributed by atoms with Crippen LogP contribution < -0.4 is 22.2 Å². The molecule has 1 aliphatic carbocycles. The fraction of sp³-hybridized carbons (Fsp3) is 0.317. The molecular weight excluding hydrogens is 640 g/mol. The van der Waals surface area contributed by atoms with Gasteiger partial charge in [-0.1, -0.05) is 44.2 Å². The Hall–Kier alpha value is -5.64. The summed E-state index contributed by atoms with van der Waals surface area (Å²) in [6.07, 6.45) is 3.29. The number of piperidine rings is 1. The van der Waals surface area contributed by atoms with Crippen molar-refractivity contribution in [1.29, 1.82) is 0 Å². The fourth-order valence-electron chi connectivity index (χ4n) is 7.07. The molecule has 2 atom stereocenters. The molecule has 0 unspecified atom stereocenters. The SMILES string of the molecule is C[C@@H]1CCC[C@H](C)N1C(N)=NC(N)=Nc1ccc(C(C)(C)C(C)(C)NC(=O)c2ccccc2-c2c3ccc(=O)cc-3oc3cc(O)ccc23)cc1. The molecule has 0 aromatic heterocycles. The Bertz CT molecular complexity index is 2170. The summed E-state index contributed by atoms with van der Waals surface area (Å²) in [5.74, 6) is 0.611. The second kappa shape index (κ2) is 13.6. The molecular formula is C41H46N6O4. The molecule has 1 saturated heterocycles. The zero-order valence-corrected chi connectivity index (χ0v) is 30.0. The van der Waals surface area contributed by atoms with Gasteiger partial charge in [-0.25, -0.2) is 4.99 Å². The number of aromatic hydroxyl groups is 1. The highest BCUT2D eigenvalue weighted by molar-refractivity contribution is 6.09. The molecule has 264 valence electrons. The highest BCUT2D eigenvalue weighted by Crippen LogP contribution is 2.42. The van der Waals surface area contributed by atoms with Crippen LogP contribution >= 0.6 is 0 Å². The second-order valence-corrected chi connectivity index (χ2v) is 14.6. The maximum Gasteiger partial charge on any atom is 0.252 e. The minimum Gasteiger partial charge on any atom is -0.508 e. The molecule has 10 heteroatoms. The van der Waals surface area contributed by atoms with Crippen LogP contribution in [0.3, 0.4) is 0 Å². The van der Waals surface area contributed by atoms with Gasteiger partial charge < -0.3 is 31.2 Å². The third-order valence-electron chi connectivity index (χ3n) is 10.6. The fourth-order valence-corrected chi connectivity index (χ4v) is 7.07. The monoisotopic (exact) mass is 686 g/mol. The molecule has 0 spiro atoms. The topological polar surface area (TPSA) is 160 Å². The average Bonchev–Trinajstić information content (AvgIpc) is 3.07. The molecule has 2 heterocycles. The van der Waals surface area contributed by atoms with Gasteiger partial charge in [0.1, 0.15) is 17.1 Å². The van der Waals surface area contributed by atoms with E-state index in [1.165, 1.54) is 24.6 Å². The summed E-state index contributed by atoms with van der Waals surface area (Å²) in [6, 6.07) is 25.2. The van der Waals surface area contributed by atoms with Gasteiger partial charge in [-0.3, -0.25) is 9.59 Å². The van der Waals surface area contributed by atoms with Crippen LogP contribution in [0.25, 0.3) is 33.4 Å². The summed E-state index contributed by atoms with van der Waals surface area (Å²) in [7, 11) is 0. The number of aliphatic imine (C=N–C) groups is 2. The molecule has 1 amide bonds. The Kier molecular flexibility index (Phi) is 9.37. The largest absolute Gasteiger partial charge is 0.508 e. The molecule has 2 aliphatic heterocycles. The Balaban J connectivity index is 1.27. The van der Waals surface area contributed by atoms with Gasteiger partial charge in [0.15, 0.2) is 11.4 Å². The van der Waals surface area contributed by atoms with Crippen LogP contribution in [0.4, 0.5) is 5.69 Å². The lowest BCUT2D eigenvalue weighted by Gasteiger charge is -2.43. The van der Waals surface area contributed by atoms with Crippen molar-refractivity contribution in [3.63, 3.8) is 0 Å². The van der Waals surface area contributed by atoms with Gasteiger partial charge in [-0.05, 0) is 101 Å². The van der Waals surface area contributed by atoms with Crippen molar-refractivity contribution in [3.8, 4) is 28.2 Å². The predicted octanol–water partition coefficient (Wildman–Crippen LogP) is 7.28. The number of carbonyl (C=O) groups excluding carboxylic acids is 1. The zero-order valence-electron chi connectivity index (χ0n) is 30.0. The number of phenolic OH excluding ortho intramolecular Hbond substituents is 1. The number of likely N-dealkylation sites (tertiary alicyclic amines) is 1. The lowest BCUT2D eigenvalue weighted by molar-refractivity contribution is 0.0873. The number of amides is 1. The number of nitrogens with one attached hydrogen (secondary N) is 1. The van der Waals surface area contributed by atoms with Crippen molar-refractivity contribution in [1.82, 2.24) is 10.2 Å². The maximum atomic E-state index is 14.2. The summed E-state index contributed by atoms with van der Waals surface area (Å²) in [5.41, 5.74) is 15.7. The molecule has 10 nitrogen and oxygen atoms in total. The maximum absolute atomic E-state index is 14.2. The quantitative estimate of drug-likeness (QED) is 0.0830. The lowest BCUT2D eigenvalue weighted by Crippen LogP contribution is -2.56. The first-order chi connectivity index (χ1) is 24.2. The summed E-state index contributed by atoms with van der Waals surface area (Å²) in [6.45, 7) is 12.5. The summed E-state index contributed by atoms with van der Waals surface area (Å²) < 4.78 is 6.03. The van der Waals surface area contributed by atoms with Crippen LogP contribution in [0.1, 0.15) is 76.7 Å². The van der Waals surface area contributed by atoms with Gasteiger partial charge >= 0.3 is 0 Å². The van der Waals surface area contributed by atoms with Gasteiger partial charge in [0.25, 0.3) is 5.91 Å². The van der Waals surface area contributed by atoms with E-state index >= 15 is 0 Å². The van der Waals surface area contributed by atoms with Crippen molar-refractivity contribution in [3.05, 3.63) is 106 Å². The smallest absolute Gasteiger partial charge is 0.252 e. The Labute approximate surface area is 298 Å². The van der Waals surface area contributed by atoms with E-state index in [-0.39, 0.29) is 23.0 Å². The first kappa shape index (κ1) is 35.2. The summed E-state index contributed by atoms with van der Waals surface area (Å²) in [4.78, 5) is 37.5. The number of hydrogen-bond donors (Lipinski definition) is 4. The van der Waals surface area contributed by atoms with Crippen molar-refractivity contribution >= 4 is 34.5 Å². The first-order valence-corrected chi connectivity index (χ1v) is 17.3. The number of guanidine groups is 2. The molecule has 3 aliphatic rings. The molecule has 6 rings (SSSR count). The van der Waals surface area contributed by atoms with E-state index in [4.69, 9.17) is 15.9 Å². The van der Waals surface area contributed by atoms with E-state index in [2.05, 4.69) is 47.9 Å². The van der Waals surface area contributed by atoms with Crippen molar-refractivity contribution in [2.45, 2.75) is 83.8 Å². The molecule has 3 aromatic rings. The molecule has 51 heavy (non-hydrogen) atoms. The number of fused-ring (bicyclic) bond motifs is 2.